The molecule has 0 spiro atoms. The SMILES string of the molecule is CC/C=C\C/C=C\C/C=C\CCCCCC(=O)OC(COCCCCCCCCCCCCCC/C=C\CCCCCCCCCC)COP(=O)(O)OCCN. The molecular formula is C47H88NO7P. The molecule has 0 aliphatic heterocycles. The van der Waals surface area contributed by atoms with Crippen LogP contribution in [0.15, 0.2) is 48.6 Å². The molecule has 0 aromatic rings. The summed E-state index contributed by atoms with van der Waals surface area (Å²) in [6, 6.07) is 0. The number of hydrogen-bond donors (Lipinski definition) is 2. The van der Waals surface area contributed by atoms with E-state index in [-0.39, 0.29) is 38.8 Å². The minimum absolute atomic E-state index is 0.0944. The molecule has 0 heterocycles. The number of allylic oxidation sites excluding steroid dienone is 8. The lowest BCUT2D eigenvalue weighted by molar-refractivity contribution is -0.154. The smallest absolute Gasteiger partial charge is 0.457 e. The van der Waals surface area contributed by atoms with E-state index in [9.17, 15) is 14.3 Å². The van der Waals surface area contributed by atoms with Gasteiger partial charge in [0, 0.05) is 19.6 Å². The molecule has 9 heteroatoms. The van der Waals surface area contributed by atoms with Gasteiger partial charge in [-0.15, -0.1) is 0 Å². The first kappa shape index (κ1) is 54.5. The van der Waals surface area contributed by atoms with E-state index in [0.29, 0.717) is 6.61 Å². The molecule has 0 fully saturated rings. The van der Waals surface area contributed by atoms with Crippen LogP contribution < -0.4 is 5.73 Å². The second-order valence-electron chi connectivity index (χ2n) is 15.2. The zero-order chi connectivity index (χ0) is 40.9. The zero-order valence-corrected chi connectivity index (χ0v) is 37.3. The number of carbonyl (C=O) groups excluding carboxylic acids is 1. The van der Waals surface area contributed by atoms with Gasteiger partial charge in [0.1, 0.15) is 6.10 Å². The summed E-state index contributed by atoms with van der Waals surface area (Å²) in [5.41, 5.74) is 5.37. The third-order valence-electron chi connectivity index (χ3n) is 9.73. The Bertz CT molecular complexity index is 999. The maximum absolute atomic E-state index is 12.6. The molecule has 0 saturated carbocycles. The summed E-state index contributed by atoms with van der Waals surface area (Å²) >= 11 is 0. The first-order valence-corrected chi connectivity index (χ1v) is 24.6. The van der Waals surface area contributed by atoms with Crippen molar-refractivity contribution in [3.63, 3.8) is 0 Å². The standard InChI is InChI=1S/C47H88NO7P/c1-3-5-7-9-11-13-15-17-18-19-20-21-22-23-24-25-26-27-29-31-33-35-37-39-42-52-44-46(45-54-56(50,51)53-43-41-48)55-47(49)40-38-36-34-32-30-28-16-14-12-10-8-6-4-2/h6,8,12,14,19-20,28,30,46H,3-5,7,9-11,13,15-18,21-27,29,31-45,48H2,1-2H3,(H,50,51)/b8-6-,14-12-,20-19-,30-28-. The molecule has 0 bridgehead atoms. The summed E-state index contributed by atoms with van der Waals surface area (Å²) in [7, 11) is -4.29. The predicted octanol–water partition coefficient (Wildman–Crippen LogP) is 14.0. The van der Waals surface area contributed by atoms with Crippen LogP contribution in [0.25, 0.3) is 0 Å². The van der Waals surface area contributed by atoms with Crippen LogP contribution >= 0.6 is 7.82 Å². The van der Waals surface area contributed by atoms with Gasteiger partial charge in [-0.25, -0.2) is 4.57 Å². The molecule has 0 saturated heterocycles. The van der Waals surface area contributed by atoms with E-state index >= 15 is 0 Å². The molecule has 3 N–H and O–H groups in total. The molecule has 0 aliphatic carbocycles. The van der Waals surface area contributed by atoms with Crippen LogP contribution in [-0.2, 0) is 27.9 Å². The van der Waals surface area contributed by atoms with Crippen LogP contribution in [0.5, 0.6) is 0 Å². The van der Waals surface area contributed by atoms with Crippen LogP contribution in [0.4, 0.5) is 0 Å². The summed E-state index contributed by atoms with van der Waals surface area (Å²) in [6.45, 7) is 4.78. The first-order chi connectivity index (χ1) is 27.4. The Morgan fingerprint density at radius 3 is 1.52 bits per heavy atom. The Kier molecular flexibility index (Phi) is 43.3. The highest BCUT2D eigenvalue weighted by molar-refractivity contribution is 7.47. The van der Waals surface area contributed by atoms with Crippen molar-refractivity contribution in [2.45, 2.75) is 213 Å². The number of phosphoric ester groups is 1. The third-order valence-corrected chi connectivity index (χ3v) is 10.7. The monoisotopic (exact) mass is 810 g/mol. The van der Waals surface area contributed by atoms with Crippen molar-refractivity contribution in [1.82, 2.24) is 0 Å². The molecule has 0 aliphatic rings. The largest absolute Gasteiger partial charge is 0.472 e. The minimum atomic E-state index is -4.29. The molecule has 2 atom stereocenters. The van der Waals surface area contributed by atoms with Crippen molar-refractivity contribution in [2.24, 2.45) is 5.73 Å². The van der Waals surface area contributed by atoms with Crippen molar-refractivity contribution in [2.75, 3.05) is 33.0 Å². The fourth-order valence-electron chi connectivity index (χ4n) is 6.36. The van der Waals surface area contributed by atoms with Gasteiger partial charge in [0.25, 0.3) is 0 Å². The third kappa shape index (κ3) is 43.6. The number of phosphoric acid groups is 1. The Balaban J connectivity index is 3.93. The number of rotatable bonds is 44. The number of hydrogen-bond acceptors (Lipinski definition) is 7. The quantitative estimate of drug-likeness (QED) is 0.0270. The Morgan fingerprint density at radius 2 is 1.00 bits per heavy atom. The van der Waals surface area contributed by atoms with Gasteiger partial charge in [0.05, 0.1) is 19.8 Å². The van der Waals surface area contributed by atoms with Gasteiger partial charge in [-0.3, -0.25) is 13.8 Å². The number of esters is 1. The summed E-state index contributed by atoms with van der Waals surface area (Å²) in [5, 5.41) is 0. The lowest BCUT2D eigenvalue weighted by Crippen LogP contribution is -2.28. The maximum atomic E-state index is 12.6. The summed E-state index contributed by atoms with van der Waals surface area (Å²) in [5.74, 6) is -0.358. The lowest BCUT2D eigenvalue weighted by Gasteiger charge is -2.20. The normalized spacial score (nSPS) is 13.9. The highest BCUT2D eigenvalue weighted by atomic mass is 31.2. The zero-order valence-electron chi connectivity index (χ0n) is 36.4. The Labute approximate surface area is 345 Å². The van der Waals surface area contributed by atoms with E-state index < -0.39 is 13.9 Å². The van der Waals surface area contributed by atoms with Gasteiger partial charge in [-0.05, 0) is 70.6 Å². The van der Waals surface area contributed by atoms with Crippen LogP contribution in [0.3, 0.4) is 0 Å². The molecule has 0 aromatic carbocycles. The van der Waals surface area contributed by atoms with E-state index in [2.05, 4.69) is 62.5 Å². The molecule has 0 aromatic heterocycles. The molecule has 328 valence electrons. The highest BCUT2D eigenvalue weighted by Crippen LogP contribution is 2.43. The Morgan fingerprint density at radius 1 is 0.554 bits per heavy atom. The molecule has 0 radical (unpaired) electrons. The van der Waals surface area contributed by atoms with Gasteiger partial charge in [0.15, 0.2) is 0 Å². The first-order valence-electron chi connectivity index (χ1n) is 23.1. The van der Waals surface area contributed by atoms with E-state index in [0.717, 1.165) is 57.8 Å². The van der Waals surface area contributed by atoms with Crippen molar-refractivity contribution in [1.29, 1.82) is 0 Å². The van der Waals surface area contributed by atoms with E-state index in [1.54, 1.807) is 0 Å². The van der Waals surface area contributed by atoms with E-state index in [1.807, 2.05) is 0 Å². The number of unbranched alkanes of at least 4 members (excludes halogenated alkanes) is 23. The van der Waals surface area contributed by atoms with Crippen LogP contribution in [-0.4, -0.2) is 49.9 Å². The second-order valence-corrected chi connectivity index (χ2v) is 16.7. The molecule has 2 unspecified atom stereocenters. The van der Waals surface area contributed by atoms with Gasteiger partial charge >= 0.3 is 13.8 Å². The number of ether oxygens (including phenoxy) is 2. The van der Waals surface area contributed by atoms with Gasteiger partial charge in [-0.1, -0.05) is 178 Å². The van der Waals surface area contributed by atoms with Gasteiger partial charge in [0.2, 0.25) is 0 Å². The van der Waals surface area contributed by atoms with Crippen LogP contribution in [0.1, 0.15) is 206 Å². The average molecular weight is 810 g/mol. The molecule has 56 heavy (non-hydrogen) atoms. The minimum Gasteiger partial charge on any atom is -0.457 e. The predicted molar refractivity (Wildman–Crippen MR) is 238 cm³/mol. The van der Waals surface area contributed by atoms with E-state index in [1.165, 1.54) is 128 Å². The fourth-order valence-corrected chi connectivity index (χ4v) is 7.12. The van der Waals surface area contributed by atoms with Gasteiger partial charge in [-0.2, -0.15) is 0 Å². The van der Waals surface area contributed by atoms with Crippen molar-refractivity contribution < 1.29 is 32.8 Å². The summed E-state index contributed by atoms with van der Waals surface area (Å²) in [4.78, 5) is 22.5. The average Bonchev–Trinajstić information content (AvgIpc) is 3.19. The fraction of sp³-hybridized carbons (Fsp3) is 0.809. The topological polar surface area (TPSA) is 117 Å². The lowest BCUT2D eigenvalue weighted by atomic mass is 10.0. The van der Waals surface area contributed by atoms with Crippen molar-refractivity contribution in [3.8, 4) is 0 Å². The summed E-state index contributed by atoms with van der Waals surface area (Å²) < 4.78 is 33.4. The number of carbonyl (C=O) groups is 1. The Hall–Kier alpha value is -1.54. The molecule has 8 nitrogen and oxygen atoms in total. The molecular weight excluding hydrogens is 721 g/mol. The molecule has 0 amide bonds. The highest BCUT2D eigenvalue weighted by Gasteiger charge is 2.25. The van der Waals surface area contributed by atoms with Crippen molar-refractivity contribution in [3.05, 3.63) is 48.6 Å². The van der Waals surface area contributed by atoms with Crippen LogP contribution in [0, 0.1) is 0 Å². The second kappa shape index (κ2) is 44.6. The van der Waals surface area contributed by atoms with Crippen molar-refractivity contribution >= 4 is 13.8 Å². The van der Waals surface area contributed by atoms with E-state index in [4.69, 9.17) is 24.3 Å². The summed E-state index contributed by atoms with van der Waals surface area (Å²) in [6.07, 6.45) is 52.9. The van der Waals surface area contributed by atoms with Crippen LogP contribution in [0.2, 0.25) is 0 Å². The molecule has 0 rings (SSSR count). The van der Waals surface area contributed by atoms with Gasteiger partial charge < -0.3 is 20.1 Å². The maximum Gasteiger partial charge on any atom is 0.472 e. The number of nitrogens with two attached hydrogens (primary N) is 1.